The van der Waals surface area contributed by atoms with Gasteiger partial charge < -0.3 is 10.6 Å². The second-order valence-electron chi connectivity index (χ2n) is 7.61. The standard InChI is InChI=1S/C25H24FN3O2/c1-2-17-10-12-18(13-11-17)25(19-6-5-7-20(26)14-19)27-15-24(31)29-16-23(30)28-21-8-3-4-9-22(21)29/h3-14,25,27H,2,15-16H2,1H3,(H,28,30)/p+1/t25-/m1/s1. The number of carbonyl (C=O) groups is 2. The zero-order valence-electron chi connectivity index (χ0n) is 17.3. The van der Waals surface area contributed by atoms with Crippen LogP contribution >= 0.6 is 0 Å². The van der Waals surface area contributed by atoms with Crippen LogP contribution in [0, 0.1) is 5.82 Å². The van der Waals surface area contributed by atoms with Gasteiger partial charge in [-0.1, -0.05) is 55.5 Å². The molecular weight excluding hydrogens is 393 g/mol. The highest BCUT2D eigenvalue weighted by molar-refractivity contribution is 6.10. The van der Waals surface area contributed by atoms with Gasteiger partial charge in [0.05, 0.1) is 11.4 Å². The number of hydrogen-bond donors (Lipinski definition) is 2. The summed E-state index contributed by atoms with van der Waals surface area (Å²) in [5.41, 5.74) is 4.31. The fourth-order valence-electron chi connectivity index (χ4n) is 3.91. The number of nitrogens with one attached hydrogen (secondary N) is 1. The van der Waals surface area contributed by atoms with Gasteiger partial charge in [-0.25, -0.2) is 4.39 Å². The van der Waals surface area contributed by atoms with E-state index in [-0.39, 0.29) is 36.8 Å². The van der Waals surface area contributed by atoms with Crippen molar-refractivity contribution >= 4 is 23.2 Å². The van der Waals surface area contributed by atoms with Crippen LogP contribution in [0.25, 0.3) is 0 Å². The number of para-hydroxylation sites is 2. The van der Waals surface area contributed by atoms with Crippen LogP contribution in [0.4, 0.5) is 15.8 Å². The van der Waals surface area contributed by atoms with Gasteiger partial charge in [0.2, 0.25) is 5.91 Å². The lowest BCUT2D eigenvalue weighted by Gasteiger charge is -2.29. The van der Waals surface area contributed by atoms with Crippen LogP contribution in [-0.4, -0.2) is 24.9 Å². The number of halogens is 1. The van der Waals surface area contributed by atoms with Crippen molar-refractivity contribution in [2.24, 2.45) is 0 Å². The van der Waals surface area contributed by atoms with Gasteiger partial charge in [0.1, 0.15) is 18.4 Å². The summed E-state index contributed by atoms with van der Waals surface area (Å²) in [5.74, 6) is -0.702. The Morgan fingerprint density at radius 2 is 1.84 bits per heavy atom. The summed E-state index contributed by atoms with van der Waals surface area (Å²) >= 11 is 0. The first-order chi connectivity index (χ1) is 15.0. The molecule has 6 heteroatoms. The number of nitrogens with two attached hydrogens (primary N) is 1. The van der Waals surface area contributed by atoms with Gasteiger partial charge in [-0.05, 0) is 36.2 Å². The van der Waals surface area contributed by atoms with E-state index < -0.39 is 0 Å². The minimum absolute atomic E-state index is 0.0144. The van der Waals surface area contributed by atoms with Crippen molar-refractivity contribution in [3.8, 4) is 0 Å². The summed E-state index contributed by atoms with van der Waals surface area (Å²) in [6.07, 6.45) is 0.934. The normalized spacial score (nSPS) is 14.0. The number of benzene rings is 3. The molecule has 31 heavy (non-hydrogen) atoms. The molecule has 3 aromatic carbocycles. The van der Waals surface area contributed by atoms with Crippen molar-refractivity contribution in [3.63, 3.8) is 0 Å². The van der Waals surface area contributed by atoms with E-state index in [1.165, 1.54) is 22.6 Å². The van der Waals surface area contributed by atoms with Crippen LogP contribution in [0.2, 0.25) is 0 Å². The summed E-state index contributed by atoms with van der Waals surface area (Å²) in [7, 11) is 0. The van der Waals surface area contributed by atoms with E-state index >= 15 is 0 Å². The van der Waals surface area contributed by atoms with Crippen molar-refractivity contribution in [2.45, 2.75) is 19.4 Å². The Bertz CT molecular complexity index is 1100. The molecule has 158 valence electrons. The summed E-state index contributed by atoms with van der Waals surface area (Å²) in [5, 5.41) is 4.69. The number of rotatable bonds is 6. The molecule has 0 bridgehead atoms. The molecule has 0 fully saturated rings. The highest BCUT2D eigenvalue weighted by Gasteiger charge is 2.28. The molecule has 1 atom stereocenters. The summed E-state index contributed by atoms with van der Waals surface area (Å²) in [4.78, 5) is 26.7. The van der Waals surface area contributed by atoms with Crippen LogP contribution in [-0.2, 0) is 16.0 Å². The highest BCUT2D eigenvalue weighted by atomic mass is 19.1. The number of fused-ring (bicyclic) bond motifs is 1. The molecule has 0 aliphatic carbocycles. The van der Waals surface area contributed by atoms with Crippen LogP contribution in [0.1, 0.15) is 29.7 Å². The Kier molecular flexibility index (Phi) is 6.09. The SMILES string of the molecule is CCc1ccc([C@@H]([NH2+]CC(=O)N2CC(=O)Nc3ccccc32)c2cccc(F)c2)cc1. The number of quaternary nitrogens is 1. The number of hydrogen-bond acceptors (Lipinski definition) is 2. The van der Waals surface area contributed by atoms with E-state index in [0.717, 1.165) is 17.5 Å². The molecule has 3 N–H and O–H groups in total. The lowest BCUT2D eigenvalue weighted by atomic mass is 9.97. The molecule has 1 heterocycles. The highest BCUT2D eigenvalue weighted by Crippen LogP contribution is 2.28. The van der Waals surface area contributed by atoms with E-state index in [1.54, 1.807) is 12.1 Å². The predicted octanol–water partition coefficient (Wildman–Crippen LogP) is 3.03. The third-order valence-corrected chi connectivity index (χ3v) is 5.55. The zero-order valence-corrected chi connectivity index (χ0v) is 17.3. The van der Waals surface area contributed by atoms with Gasteiger partial charge >= 0.3 is 0 Å². The average Bonchev–Trinajstić information content (AvgIpc) is 2.79. The average molecular weight is 418 g/mol. The van der Waals surface area contributed by atoms with E-state index in [0.29, 0.717) is 11.4 Å². The fourth-order valence-corrected chi connectivity index (χ4v) is 3.91. The molecule has 3 aromatic rings. The number of aryl methyl sites for hydroxylation is 1. The second kappa shape index (κ2) is 9.10. The number of nitrogens with zero attached hydrogens (tertiary/aromatic N) is 1. The van der Waals surface area contributed by atoms with Gasteiger partial charge in [0, 0.05) is 11.1 Å². The molecule has 0 radical (unpaired) electrons. The Morgan fingerprint density at radius 3 is 2.58 bits per heavy atom. The maximum absolute atomic E-state index is 13.9. The summed E-state index contributed by atoms with van der Waals surface area (Å²) in [6, 6.07) is 21.7. The van der Waals surface area contributed by atoms with Crippen molar-refractivity contribution in [3.05, 3.63) is 95.3 Å². The largest absolute Gasteiger partial charge is 0.328 e. The molecule has 4 rings (SSSR count). The molecule has 5 nitrogen and oxygen atoms in total. The first kappa shape index (κ1) is 20.8. The minimum atomic E-state index is -0.311. The van der Waals surface area contributed by atoms with Crippen molar-refractivity contribution in [1.82, 2.24) is 0 Å². The summed E-state index contributed by atoms with van der Waals surface area (Å²) < 4.78 is 13.9. The molecule has 1 aliphatic heterocycles. The Balaban J connectivity index is 1.57. The molecule has 0 saturated carbocycles. The van der Waals surface area contributed by atoms with E-state index in [4.69, 9.17) is 0 Å². The van der Waals surface area contributed by atoms with Crippen molar-refractivity contribution in [2.75, 3.05) is 23.3 Å². The third kappa shape index (κ3) is 4.64. The van der Waals surface area contributed by atoms with E-state index in [2.05, 4.69) is 24.4 Å². The molecule has 0 aromatic heterocycles. The third-order valence-electron chi connectivity index (χ3n) is 5.55. The van der Waals surface area contributed by atoms with Gasteiger partial charge in [0.25, 0.3) is 5.91 Å². The first-order valence-corrected chi connectivity index (χ1v) is 10.4. The molecule has 0 saturated heterocycles. The fraction of sp³-hybridized carbons (Fsp3) is 0.200. The lowest BCUT2D eigenvalue weighted by Crippen LogP contribution is -2.88. The van der Waals surface area contributed by atoms with Crippen LogP contribution in [0.15, 0.2) is 72.8 Å². The van der Waals surface area contributed by atoms with Gasteiger partial charge in [-0.3, -0.25) is 14.5 Å². The lowest BCUT2D eigenvalue weighted by molar-refractivity contribution is -0.676. The van der Waals surface area contributed by atoms with E-state index in [9.17, 15) is 14.0 Å². The molecule has 1 aliphatic rings. The van der Waals surface area contributed by atoms with E-state index in [1.807, 2.05) is 41.7 Å². The van der Waals surface area contributed by atoms with Crippen molar-refractivity contribution < 1.29 is 19.3 Å². The summed E-state index contributed by atoms with van der Waals surface area (Å²) in [6.45, 7) is 2.20. The maximum atomic E-state index is 13.9. The molecular formula is C25H25FN3O2+. The van der Waals surface area contributed by atoms with Gasteiger partial charge in [-0.15, -0.1) is 0 Å². The Morgan fingerprint density at radius 1 is 1.06 bits per heavy atom. The smallest absolute Gasteiger partial charge is 0.282 e. The topological polar surface area (TPSA) is 66.0 Å². The zero-order chi connectivity index (χ0) is 21.8. The van der Waals surface area contributed by atoms with Gasteiger partial charge in [-0.2, -0.15) is 0 Å². The predicted molar refractivity (Wildman–Crippen MR) is 118 cm³/mol. The Labute approximate surface area is 180 Å². The van der Waals surface area contributed by atoms with Crippen molar-refractivity contribution in [1.29, 1.82) is 0 Å². The minimum Gasteiger partial charge on any atom is -0.328 e. The maximum Gasteiger partial charge on any atom is 0.282 e. The number of anilines is 2. The van der Waals surface area contributed by atoms with Gasteiger partial charge in [0.15, 0.2) is 6.54 Å². The monoisotopic (exact) mass is 418 g/mol. The molecule has 0 spiro atoms. The molecule has 2 amide bonds. The van der Waals surface area contributed by atoms with Crippen LogP contribution in [0.3, 0.4) is 0 Å². The second-order valence-corrected chi connectivity index (χ2v) is 7.61. The van der Waals surface area contributed by atoms with Crippen LogP contribution < -0.4 is 15.5 Å². The first-order valence-electron chi connectivity index (χ1n) is 10.4. The number of carbonyl (C=O) groups excluding carboxylic acids is 2. The number of amides is 2. The quantitative estimate of drug-likeness (QED) is 0.646. The van der Waals surface area contributed by atoms with Crippen LogP contribution in [0.5, 0.6) is 0 Å². The Hall–Kier alpha value is -3.51. The molecule has 0 unspecified atom stereocenters.